The first kappa shape index (κ1) is 12.5. The number of hydrogen-bond donors (Lipinski definition) is 3. The summed E-state index contributed by atoms with van der Waals surface area (Å²) in [4.78, 5) is 0. The largest absolute Gasteiger partial charge is 0.394 e. The second-order valence-electron chi connectivity index (χ2n) is 3.49. The maximum absolute atomic E-state index is 9.18. The van der Waals surface area contributed by atoms with E-state index in [0.29, 0.717) is 11.6 Å². The fourth-order valence-electron chi connectivity index (χ4n) is 1.31. The van der Waals surface area contributed by atoms with Crippen LogP contribution < -0.4 is 5.32 Å². The third-order valence-electron chi connectivity index (χ3n) is 2.24. The predicted octanol–water partition coefficient (Wildman–Crippen LogP) is 1.34. The highest BCUT2D eigenvalue weighted by molar-refractivity contribution is 6.31. The van der Waals surface area contributed by atoms with E-state index in [9.17, 15) is 5.11 Å². The summed E-state index contributed by atoms with van der Waals surface area (Å²) >= 11 is 6.02. The zero-order valence-electron chi connectivity index (χ0n) is 8.65. The Kier molecular flexibility index (Phi) is 5.05. The van der Waals surface area contributed by atoms with Crippen LogP contribution in [-0.4, -0.2) is 29.5 Å². The first-order valence-corrected chi connectivity index (χ1v) is 5.29. The molecule has 0 aliphatic heterocycles. The van der Waals surface area contributed by atoms with Crippen molar-refractivity contribution in [2.24, 2.45) is 0 Å². The van der Waals surface area contributed by atoms with Crippen LogP contribution in [-0.2, 0) is 0 Å². The molecule has 1 aromatic carbocycles. The Morgan fingerprint density at radius 3 is 2.67 bits per heavy atom. The van der Waals surface area contributed by atoms with Gasteiger partial charge < -0.3 is 15.5 Å². The molecule has 0 radical (unpaired) electrons. The normalized spacial score (nSPS) is 14.9. The smallest absolute Gasteiger partial charge is 0.0895 e. The molecule has 1 aromatic rings. The quantitative estimate of drug-likeness (QED) is 0.715. The minimum absolute atomic E-state index is 0.0555. The minimum Gasteiger partial charge on any atom is -0.394 e. The molecule has 0 aromatic heterocycles. The summed E-state index contributed by atoms with van der Waals surface area (Å²) in [5.74, 6) is 0. The van der Waals surface area contributed by atoms with Gasteiger partial charge in [0.2, 0.25) is 0 Å². The first-order chi connectivity index (χ1) is 7.15. The van der Waals surface area contributed by atoms with Gasteiger partial charge >= 0.3 is 0 Å². The van der Waals surface area contributed by atoms with Gasteiger partial charge in [0.05, 0.1) is 12.7 Å². The van der Waals surface area contributed by atoms with Crippen molar-refractivity contribution in [1.29, 1.82) is 0 Å². The summed E-state index contributed by atoms with van der Waals surface area (Å²) in [6.07, 6.45) is -0.727. The lowest BCUT2D eigenvalue weighted by Crippen LogP contribution is -2.31. The molecule has 0 saturated carbocycles. The van der Waals surface area contributed by atoms with Crippen LogP contribution in [0, 0.1) is 0 Å². The molecule has 0 aliphatic carbocycles. The molecule has 0 spiro atoms. The van der Waals surface area contributed by atoms with Gasteiger partial charge in [0.15, 0.2) is 0 Å². The molecule has 2 atom stereocenters. The molecule has 1 unspecified atom stereocenters. The Hall–Kier alpha value is -0.610. The van der Waals surface area contributed by atoms with Crippen LogP contribution in [0.5, 0.6) is 0 Å². The van der Waals surface area contributed by atoms with E-state index in [0.717, 1.165) is 5.56 Å². The van der Waals surface area contributed by atoms with Crippen molar-refractivity contribution in [2.45, 2.75) is 19.1 Å². The summed E-state index contributed by atoms with van der Waals surface area (Å²) in [6.45, 7) is 2.08. The lowest BCUT2D eigenvalue weighted by Gasteiger charge is -2.17. The minimum atomic E-state index is -0.727. The van der Waals surface area contributed by atoms with Crippen molar-refractivity contribution in [2.75, 3.05) is 13.2 Å². The molecular formula is C11H16ClNO2. The van der Waals surface area contributed by atoms with Crippen molar-refractivity contribution in [3.63, 3.8) is 0 Å². The van der Waals surface area contributed by atoms with Gasteiger partial charge in [-0.15, -0.1) is 0 Å². The average molecular weight is 230 g/mol. The van der Waals surface area contributed by atoms with E-state index in [1.807, 2.05) is 31.2 Å². The molecule has 15 heavy (non-hydrogen) atoms. The third kappa shape index (κ3) is 3.80. The number of nitrogens with one attached hydrogen (secondary N) is 1. The van der Waals surface area contributed by atoms with Gasteiger partial charge in [-0.1, -0.05) is 29.8 Å². The highest BCUT2D eigenvalue weighted by Gasteiger charge is 2.10. The van der Waals surface area contributed by atoms with Crippen molar-refractivity contribution in [3.8, 4) is 0 Å². The molecule has 3 N–H and O–H groups in total. The van der Waals surface area contributed by atoms with Gasteiger partial charge in [-0.2, -0.15) is 0 Å². The number of halogens is 1. The van der Waals surface area contributed by atoms with Crippen molar-refractivity contribution >= 4 is 11.6 Å². The lowest BCUT2D eigenvalue weighted by molar-refractivity contribution is 0.0924. The zero-order valence-corrected chi connectivity index (χ0v) is 9.41. The van der Waals surface area contributed by atoms with Crippen LogP contribution in [0.4, 0.5) is 0 Å². The van der Waals surface area contributed by atoms with E-state index in [1.54, 1.807) is 0 Å². The first-order valence-electron chi connectivity index (χ1n) is 4.92. The SMILES string of the molecule is CC(NC[C@H](O)CO)c1ccccc1Cl. The molecule has 4 heteroatoms. The molecular weight excluding hydrogens is 214 g/mol. The average Bonchev–Trinajstić information content (AvgIpc) is 2.26. The van der Waals surface area contributed by atoms with E-state index in [4.69, 9.17) is 16.7 Å². The van der Waals surface area contributed by atoms with Crippen LogP contribution in [0.1, 0.15) is 18.5 Å². The summed E-state index contributed by atoms with van der Waals surface area (Å²) in [6, 6.07) is 7.62. The second kappa shape index (κ2) is 6.08. The number of benzene rings is 1. The van der Waals surface area contributed by atoms with Gasteiger partial charge in [0, 0.05) is 17.6 Å². The number of aliphatic hydroxyl groups excluding tert-OH is 2. The molecule has 0 aliphatic rings. The molecule has 0 bridgehead atoms. The van der Waals surface area contributed by atoms with E-state index >= 15 is 0 Å². The van der Waals surface area contributed by atoms with E-state index in [-0.39, 0.29) is 12.6 Å². The van der Waals surface area contributed by atoms with Gasteiger partial charge in [0.1, 0.15) is 0 Å². The molecule has 0 saturated heterocycles. The highest BCUT2D eigenvalue weighted by Crippen LogP contribution is 2.21. The molecule has 0 heterocycles. The van der Waals surface area contributed by atoms with Gasteiger partial charge in [0.25, 0.3) is 0 Å². The number of hydrogen-bond acceptors (Lipinski definition) is 3. The maximum Gasteiger partial charge on any atom is 0.0895 e. The Labute approximate surface area is 94.7 Å². The van der Waals surface area contributed by atoms with Crippen molar-refractivity contribution < 1.29 is 10.2 Å². The molecule has 3 nitrogen and oxygen atoms in total. The fraction of sp³-hybridized carbons (Fsp3) is 0.455. The summed E-state index contributed by atoms with van der Waals surface area (Å²) < 4.78 is 0. The van der Waals surface area contributed by atoms with Gasteiger partial charge in [-0.3, -0.25) is 0 Å². The molecule has 1 rings (SSSR count). The zero-order chi connectivity index (χ0) is 11.3. The molecule has 84 valence electrons. The van der Waals surface area contributed by atoms with Crippen LogP contribution in [0.3, 0.4) is 0 Å². The second-order valence-corrected chi connectivity index (χ2v) is 3.90. The van der Waals surface area contributed by atoms with Crippen LogP contribution in [0.2, 0.25) is 5.02 Å². The molecule has 0 fully saturated rings. The van der Waals surface area contributed by atoms with Crippen LogP contribution in [0.25, 0.3) is 0 Å². The van der Waals surface area contributed by atoms with Crippen LogP contribution >= 0.6 is 11.6 Å². The Bertz CT molecular complexity index is 306. The van der Waals surface area contributed by atoms with E-state index < -0.39 is 6.10 Å². The maximum atomic E-state index is 9.18. The van der Waals surface area contributed by atoms with Crippen molar-refractivity contribution in [1.82, 2.24) is 5.32 Å². The third-order valence-corrected chi connectivity index (χ3v) is 2.59. The highest BCUT2D eigenvalue weighted by atomic mass is 35.5. The molecule has 0 amide bonds. The number of aliphatic hydroxyl groups is 2. The standard InChI is InChI=1S/C11H16ClNO2/c1-8(13-6-9(15)7-14)10-4-2-3-5-11(10)12/h2-5,8-9,13-15H,6-7H2,1H3/t8?,9-/m0/s1. The lowest BCUT2D eigenvalue weighted by atomic mass is 10.1. The van der Waals surface area contributed by atoms with E-state index in [1.165, 1.54) is 0 Å². The number of rotatable bonds is 5. The van der Waals surface area contributed by atoms with Gasteiger partial charge in [-0.25, -0.2) is 0 Å². The Morgan fingerprint density at radius 2 is 2.07 bits per heavy atom. The topological polar surface area (TPSA) is 52.5 Å². The Balaban J connectivity index is 2.54. The van der Waals surface area contributed by atoms with Crippen LogP contribution in [0.15, 0.2) is 24.3 Å². The monoisotopic (exact) mass is 229 g/mol. The summed E-state index contributed by atoms with van der Waals surface area (Å²) in [5.41, 5.74) is 0.990. The van der Waals surface area contributed by atoms with Gasteiger partial charge in [-0.05, 0) is 18.6 Å². The van der Waals surface area contributed by atoms with E-state index in [2.05, 4.69) is 5.32 Å². The summed E-state index contributed by atoms with van der Waals surface area (Å²) in [5, 5.41) is 21.6. The summed E-state index contributed by atoms with van der Waals surface area (Å²) in [7, 11) is 0. The fourth-order valence-corrected chi connectivity index (χ4v) is 1.61. The predicted molar refractivity (Wildman–Crippen MR) is 61.0 cm³/mol. The Morgan fingerprint density at radius 1 is 1.40 bits per heavy atom. The van der Waals surface area contributed by atoms with Crippen molar-refractivity contribution in [3.05, 3.63) is 34.9 Å².